The van der Waals surface area contributed by atoms with Gasteiger partial charge in [0.25, 0.3) is 5.91 Å². The Morgan fingerprint density at radius 3 is 2.05 bits per heavy atom. The van der Waals surface area contributed by atoms with Crippen LogP contribution >= 0.6 is 15.2 Å². The standard InChI is InChI=1S/C31H40N2O9P2/c1-19-20(2)40-43(35,39-19)29(44(36)41-21(3)22(4)42-44)18-24-13-14-28(37-7)26(17-24)31(34)33(6)16-15-27-23(5)38-30(32-27)25-11-9-8-10-12-25/h8-14,17,19-22,29H,15-16,18H2,1-7H3. The fourth-order valence-electron chi connectivity index (χ4n) is 5.20. The first-order chi connectivity index (χ1) is 20.8. The van der Waals surface area contributed by atoms with E-state index in [1.807, 2.05) is 37.3 Å². The van der Waals surface area contributed by atoms with Gasteiger partial charge in [0, 0.05) is 25.6 Å². The Kier molecular flexibility index (Phi) is 9.57. The van der Waals surface area contributed by atoms with Crippen molar-refractivity contribution < 1.29 is 41.2 Å². The molecule has 2 aliphatic rings. The van der Waals surface area contributed by atoms with E-state index in [-0.39, 0.29) is 12.3 Å². The van der Waals surface area contributed by atoms with E-state index in [4.69, 9.17) is 27.2 Å². The molecule has 0 saturated carbocycles. The molecule has 3 aromatic rings. The predicted molar refractivity (Wildman–Crippen MR) is 165 cm³/mol. The van der Waals surface area contributed by atoms with Gasteiger partial charge in [0.05, 0.1) is 42.8 Å². The zero-order chi connectivity index (χ0) is 31.8. The van der Waals surface area contributed by atoms with Crippen LogP contribution in [-0.4, -0.2) is 66.3 Å². The van der Waals surface area contributed by atoms with Crippen LogP contribution in [-0.2, 0) is 40.1 Å². The maximum Gasteiger partial charge on any atom is 0.346 e. The van der Waals surface area contributed by atoms with Gasteiger partial charge in [-0.15, -0.1) is 0 Å². The highest BCUT2D eigenvalue weighted by Crippen LogP contribution is 2.76. The van der Waals surface area contributed by atoms with Gasteiger partial charge in [0.15, 0.2) is 5.40 Å². The molecule has 3 heterocycles. The molecular weight excluding hydrogens is 606 g/mol. The Balaban J connectivity index is 1.37. The average molecular weight is 647 g/mol. The summed E-state index contributed by atoms with van der Waals surface area (Å²) in [6.07, 6.45) is -1.41. The van der Waals surface area contributed by atoms with E-state index < -0.39 is 45.0 Å². The lowest BCUT2D eigenvalue weighted by Crippen LogP contribution is -2.29. The smallest absolute Gasteiger partial charge is 0.346 e. The highest BCUT2D eigenvalue weighted by molar-refractivity contribution is 7.73. The van der Waals surface area contributed by atoms with Crippen LogP contribution < -0.4 is 4.74 Å². The van der Waals surface area contributed by atoms with Gasteiger partial charge in [0.1, 0.15) is 11.5 Å². The Morgan fingerprint density at radius 2 is 1.50 bits per heavy atom. The molecular formula is C31H40N2O9P2. The summed E-state index contributed by atoms with van der Waals surface area (Å²) in [5, 5.41) is -1.21. The van der Waals surface area contributed by atoms with Crippen molar-refractivity contribution in [1.82, 2.24) is 9.88 Å². The van der Waals surface area contributed by atoms with Crippen molar-refractivity contribution in [2.45, 2.75) is 77.3 Å². The molecule has 2 aromatic carbocycles. The molecule has 44 heavy (non-hydrogen) atoms. The van der Waals surface area contributed by atoms with Crippen LogP contribution in [0.5, 0.6) is 5.75 Å². The molecule has 2 fully saturated rings. The molecule has 0 radical (unpaired) electrons. The van der Waals surface area contributed by atoms with Gasteiger partial charge in [0.2, 0.25) is 5.89 Å². The van der Waals surface area contributed by atoms with Crippen LogP contribution in [0.15, 0.2) is 52.9 Å². The third-order valence-corrected chi connectivity index (χ3v) is 14.2. The zero-order valence-electron chi connectivity index (χ0n) is 26.1. The van der Waals surface area contributed by atoms with E-state index in [1.165, 1.54) is 7.11 Å². The van der Waals surface area contributed by atoms with E-state index in [0.29, 0.717) is 41.5 Å². The van der Waals surface area contributed by atoms with Crippen LogP contribution in [0.25, 0.3) is 11.5 Å². The molecule has 0 N–H and O–H groups in total. The monoisotopic (exact) mass is 646 g/mol. The summed E-state index contributed by atoms with van der Waals surface area (Å²) >= 11 is 0. The first-order valence-corrected chi connectivity index (χ1v) is 17.9. The summed E-state index contributed by atoms with van der Waals surface area (Å²) in [6, 6.07) is 14.7. The van der Waals surface area contributed by atoms with Crippen LogP contribution in [0, 0.1) is 6.92 Å². The SMILES string of the molecule is COc1ccc(CC(P2(=O)OC(C)C(C)O2)P2(=O)OC(C)C(C)O2)cc1C(=O)N(C)CCc1nc(-c2ccccc2)oc1C. The molecule has 4 atom stereocenters. The Labute approximate surface area is 258 Å². The summed E-state index contributed by atoms with van der Waals surface area (Å²) in [6.45, 7) is 9.23. The quantitative estimate of drug-likeness (QED) is 0.215. The number of ether oxygens (including phenoxy) is 1. The summed E-state index contributed by atoms with van der Waals surface area (Å²) in [5.41, 5.74) is 2.53. The highest BCUT2D eigenvalue weighted by Gasteiger charge is 2.59. The van der Waals surface area contributed by atoms with Crippen LogP contribution in [0.4, 0.5) is 0 Å². The number of hydrogen-bond acceptors (Lipinski definition) is 10. The number of methoxy groups -OCH3 is 1. The minimum atomic E-state index is -3.93. The van der Waals surface area contributed by atoms with Crippen LogP contribution in [0.1, 0.15) is 55.1 Å². The van der Waals surface area contributed by atoms with Crippen molar-refractivity contribution in [3.05, 3.63) is 71.1 Å². The molecule has 0 spiro atoms. The van der Waals surface area contributed by atoms with Gasteiger partial charge < -0.3 is 32.1 Å². The van der Waals surface area contributed by atoms with E-state index in [2.05, 4.69) is 4.98 Å². The molecule has 238 valence electrons. The van der Waals surface area contributed by atoms with E-state index in [0.717, 1.165) is 11.3 Å². The second kappa shape index (κ2) is 12.9. The molecule has 2 aliphatic heterocycles. The fourth-order valence-corrected chi connectivity index (χ4v) is 11.3. The minimum absolute atomic E-state index is 0.0260. The number of carbonyl (C=O) groups is 1. The normalized spacial score (nSPS) is 29.1. The lowest BCUT2D eigenvalue weighted by atomic mass is 10.1. The lowest BCUT2D eigenvalue weighted by Gasteiger charge is -2.26. The van der Waals surface area contributed by atoms with Crippen molar-refractivity contribution >= 4 is 21.1 Å². The number of rotatable bonds is 10. The van der Waals surface area contributed by atoms with Crippen molar-refractivity contribution in [3.8, 4) is 17.2 Å². The van der Waals surface area contributed by atoms with Crippen molar-refractivity contribution in [2.24, 2.45) is 0 Å². The summed E-state index contributed by atoms with van der Waals surface area (Å²) in [5.74, 6) is 1.32. The Bertz CT molecular complexity index is 1530. The van der Waals surface area contributed by atoms with Gasteiger partial charge in [-0.3, -0.25) is 13.9 Å². The summed E-state index contributed by atoms with van der Waals surface area (Å²) in [4.78, 5) is 19.9. The number of hydrogen-bond donors (Lipinski definition) is 0. The van der Waals surface area contributed by atoms with E-state index in [1.54, 1.807) is 57.8 Å². The molecule has 5 rings (SSSR count). The van der Waals surface area contributed by atoms with Crippen molar-refractivity contribution in [3.63, 3.8) is 0 Å². The number of nitrogens with zero attached hydrogens (tertiary/aromatic N) is 2. The number of benzene rings is 2. The van der Waals surface area contributed by atoms with E-state index in [9.17, 15) is 13.9 Å². The summed E-state index contributed by atoms with van der Waals surface area (Å²) < 4.78 is 62.7. The first kappa shape index (κ1) is 32.6. The van der Waals surface area contributed by atoms with Gasteiger partial charge >= 0.3 is 15.2 Å². The highest BCUT2D eigenvalue weighted by atomic mass is 31.2. The number of likely N-dealkylation sites (N-methyl/N-ethyl adjacent to an activating group) is 1. The zero-order valence-corrected chi connectivity index (χ0v) is 27.9. The van der Waals surface area contributed by atoms with E-state index >= 15 is 0 Å². The van der Waals surface area contributed by atoms with Gasteiger partial charge in [-0.1, -0.05) is 24.3 Å². The molecule has 13 heteroatoms. The largest absolute Gasteiger partial charge is 0.496 e. The Morgan fingerprint density at radius 1 is 0.932 bits per heavy atom. The number of carbonyl (C=O) groups excluding carboxylic acids is 1. The third-order valence-electron chi connectivity index (χ3n) is 8.16. The summed E-state index contributed by atoms with van der Waals surface area (Å²) in [7, 11) is -4.67. The maximum atomic E-state index is 14.0. The second-order valence-electron chi connectivity index (χ2n) is 11.4. The number of amides is 1. The lowest BCUT2D eigenvalue weighted by molar-refractivity contribution is 0.0792. The average Bonchev–Trinajstić information content (AvgIpc) is 3.60. The molecule has 4 unspecified atom stereocenters. The first-order valence-electron chi connectivity index (χ1n) is 14.7. The number of oxazole rings is 1. The van der Waals surface area contributed by atoms with Gasteiger partial charge in [-0.05, 0) is 70.9 Å². The molecule has 0 bridgehead atoms. The Hall–Kier alpha value is -2.78. The molecule has 2 saturated heterocycles. The topological polar surface area (TPSA) is 127 Å². The second-order valence-corrected chi connectivity index (χ2v) is 16.1. The van der Waals surface area contributed by atoms with Gasteiger partial charge in [-0.2, -0.15) is 0 Å². The van der Waals surface area contributed by atoms with Crippen molar-refractivity contribution in [2.75, 3.05) is 20.7 Å². The third kappa shape index (κ3) is 6.59. The van der Waals surface area contributed by atoms with Crippen LogP contribution in [0.3, 0.4) is 0 Å². The molecule has 11 nitrogen and oxygen atoms in total. The molecule has 0 aliphatic carbocycles. The molecule has 1 amide bonds. The van der Waals surface area contributed by atoms with Gasteiger partial charge in [-0.25, -0.2) is 4.98 Å². The predicted octanol–water partition coefficient (Wildman–Crippen LogP) is 6.88. The minimum Gasteiger partial charge on any atom is -0.496 e. The fraction of sp³-hybridized carbons (Fsp3) is 0.484. The van der Waals surface area contributed by atoms with Crippen LogP contribution in [0.2, 0.25) is 0 Å². The van der Waals surface area contributed by atoms with Crippen molar-refractivity contribution in [1.29, 1.82) is 0 Å². The number of aryl methyl sites for hydroxylation is 1. The molecule has 1 aromatic heterocycles. The number of aromatic nitrogens is 1. The maximum absolute atomic E-state index is 14.0.